The molecule has 0 unspecified atom stereocenters. The van der Waals surface area contributed by atoms with Gasteiger partial charge < -0.3 is 5.32 Å². The maximum absolute atomic E-state index is 12.9. The molecule has 0 saturated heterocycles. The molecule has 0 aliphatic heterocycles. The quantitative estimate of drug-likeness (QED) is 0.409. The lowest BCUT2D eigenvalue weighted by Crippen LogP contribution is -2.45. The number of amides is 1. The first-order chi connectivity index (χ1) is 14.9. The van der Waals surface area contributed by atoms with Gasteiger partial charge in [0, 0.05) is 23.9 Å². The third kappa shape index (κ3) is 4.65. The van der Waals surface area contributed by atoms with Gasteiger partial charge in [-0.1, -0.05) is 17.4 Å². The van der Waals surface area contributed by atoms with Crippen molar-refractivity contribution < 1.29 is 18.1 Å². The van der Waals surface area contributed by atoms with Gasteiger partial charge in [-0.15, -0.1) is 0 Å². The number of anilines is 2. The Labute approximate surface area is 188 Å². The molecule has 1 heterocycles. The summed E-state index contributed by atoms with van der Waals surface area (Å²) in [6, 6.07) is 8.88. The largest absolute Gasteiger partial charge is 0.324 e. The highest BCUT2D eigenvalue weighted by Crippen LogP contribution is 2.27. The average Bonchev–Trinajstić information content (AvgIpc) is 3.02. The summed E-state index contributed by atoms with van der Waals surface area (Å²) in [6.45, 7) is 5.19. The standard InChI is InChI=1S/C20H22N4O6S2/c1-12(2)22-17-9-8-14(10-18(17)31-20(22)26)21-19(25)13(3)23(32(4,29)30)15-6-5-7-16(11-15)24(27)28/h5-13H,1-4H3,(H,21,25)/t13-/m0/s1. The summed E-state index contributed by atoms with van der Waals surface area (Å²) >= 11 is 1.05. The Morgan fingerprint density at radius 1 is 1.19 bits per heavy atom. The second-order valence-corrected chi connectivity index (χ2v) is 10.4. The molecule has 1 aromatic heterocycles. The number of sulfonamides is 1. The zero-order chi connectivity index (χ0) is 23.8. The Balaban J connectivity index is 1.92. The van der Waals surface area contributed by atoms with E-state index in [1.807, 2.05) is 13.8 Å². The van der Waals surface area contributed by atoms with Crippen molar-refractivity contribution in [3.63, 3.8) is 0 Å². The monoisotopic (exact) mass is 478 g/mol. The number of aromatic nitrogens is 1. The first-order valence-corrected chi connectivity index (χ1v) is 12.3. The van der Waals surface area contributed by atoms with Crippen LogP contribution in [-0.2, 0) is 14.8 Å². The lowest BCUT2D eigenvalue weighted by Gasteiger charge is -2.28. The summed E-state index contributed by atoms with van der Waals surface area (Å²) < 4.78 is 28.0. The number of benzene rings is 2. The summed E-state index contributed by atoms with van der Waals surface area (Å²) in [4.78, 5) is 35.5. The maximum Gasteiger partial charge on any atom is 0.308 e. The van der Waals surface area contributed by atoms with Crippen molar-refractivity contribution in [2.24, 2.45) is 0 Å². The van der Waals surface area contributed by atoms with Crippen molar-refractivity contribution in [1.29, 1.82) is 0 Å². The van der Waals surface area contributed by atoms with Crippen LogP contribution in [0.4, 0.5) is 17.1 Å². The van der Waals surface area contributed by atoms with Gasteiger partial charge in [0.1, 0.15) is 6.04 Å². The molecule has 10 nitrogen and oxygen atoms in total. The summed E-state index contributed by atoms with van der Waals surface area (Å²) in [5.74, 6) is -0.628. The molecule has 1 N–H and O–H groups in total. The van der Waals surface area contributed by atoms with Gasteiger partial charge in [-0.25, -0.2) is 8.42 Å². The minimum absolute atomic E-state index is 0.00651. The van der Waals surface area contributed by atoms with Gasteiger partial charge in [-0.05, 0) is 45.0 Å². The fraction of sp³-hybridized carbons (Fsp3) is 0.300. The van der Waals surface area contributed by atoms with E-state index in [9.17, 15) is 28.1 Å². The van der Waals surface area contributed by atoms with E-state index in [0.29, 0.717) is 10.4 Å². The van der Waals surface area contributed by atoms with Crippen molar-refractivity contribution in [1.82, 2.24) is 4.57 Å². The number of nitrogens with one attached hydrogen (secondary N) is 1. The van der Waals surface area contributed by atoms with Crippen molar-refractivity contribution >= 4 is 54.5 Å². The molecule has 1 amide bonds. The van der Waals surface area contributed by atoms with Crippen LogP contribution in [0.1, 0.15) is 26.8 Å². The van der Waals surface area contributed by atoms with Crippen LogP contribution in [0.2, 0.25) is 0 Å². The number of carbonyl (C=O) groups excluding carboxylic acids is 1. The molecule has 170 valence electrons. The van der Waals surface area contributed by atoms with Crippen LogP contribution in [-0.4, -0.2) is 36.1 Å². The smallest absolute Gasteiger partial charge is 0.308 e. The molecule has 3 rings (SSSR count). The van der Waals surface area contributed by atoms with Crippen molar-refractivity contribution in [2.45, 2.75) is 32.9 Å². The fourth-order valence-corrected chi connectivity index (χ4v) is 5.62. The molecule has 0 saturated carbocycles. The van der Waals surface area contributed by atoms with Crippen LogP contribution >= 0.6 is 11.3 Å². The third-order valence-corrected chi connectivity index (χ3v) is 6.94. The van der Waals surface area contributed by atoms with E-state index >= 15 is 0 Å². The number of rotatable bonds is 7. The van der Waals surface area contributed by atoms with Crippen LogP contribution in [0.15, 0.2) is 47.3 Å². The zero-order valence-corrected chi connectivity index (χ0v) is 19.4. The van der Waals surface area contributed by atoms with Gasteiger partial charge in [-0.2, -0.15) is 0 Å². The Kier molecular flexibility index (Phi) is 6.37. The van der Waals surface area contributed by atoms with Crippen LogP contribution in [0.5, 0.6) is 0 Å². The molecule has 0 bridgehead atoms. The van der Waals surface area contributed by atoms with Gasteiger partial charge in [0.2, 0.25) is 15.9 Å². The SMILES string of the molecule is CC(C)n1c(=O)sc2cc(NC(=O)[C@H](C)N(c3cccc([N+](=O)[O-])c3)S(C)(=O)=O)ccc21. The lowest BCUT2D eigenvalue weighted by atomic mass is 10.2. The Bertz CT molecular complexity index is 1360. The van der Waals surface area contributed by atoms with Crippen LogP contribution in [0, 0.1) is 10.1 Å². The Morgan fingerprint density at radius 3 is 2.47 bits per heavy atom. The molecule has 0 spiro atoms. The normalized spacial score (nSPS) is 12.7. The molecule has 0 radical (unpaired) electrons. The first kappa shape index (κ1) is 23.4. The molecular weight excluding hydrogens is 456 g/mol. The minimum Gasteiger partial charge on any atom is -0.324 e. The average molecular weight is 479 g/mol. The predicted octanol–water partition coefficient (Wildman–Crippen LogP) is 3.35. The number of nitrogens with zero attached hydrogens (tertiary/aromatic N) is 3. The number of carbonyl (C=O) groups is 1. The van der Waals surface area contributed by atoms with Gasteiger partial charge >= 0.3 is 4.87 Å². The number of thiazole rings is 1. The number of non-ortho nitro benzene ring substituents is 1. The Morgan fingerprint density at radius 2 is 1.88 bits per heavy atom. The Hall–Kier alpha value is -3.25. The molecule has 12 heteroatoms. The summed E-state index contributed by atoms with van der Waals surface area (Å²) in [5.41, 5.74) is 0.861. The van der Waals surface area contributed by atoms with Gasteiger partial charge in [-0.3, -0.25) is 28.6 Å². The summed E-state index contributed by atoms with van der Waals surface area (Å²) in [6.07, 6.45) is 0.924. The second-order valence-electron chi connectivity index (χ2n) is 7.52. The molecule has 0 aliphatic carbocycles. The number of nitro groups is 1. The summed E-state index contributed by atoms with van der Waals surface area (Å²) in [5, 5.41) is 13.7. The molecule has 32 heavy (non-hydrogen) atoms. The van der Waals surface area contributed by atoms with Crippen molar-refractivity contribution in [3.8, 4) is 0 Å². The highest BCUT2D eigenvalue weighted by Gasteiger charge is 2.30. The van der Waals surface area contributed by atoms with E-state index in [2.05, 4.69) is 5.32 Å². The van der Waals surface area contributed by atoms with Gasteiger partial charge in [0.05, 0.1) is 27.1 Å². The topological polar surface area (TPSA) is 132 Å². The number of nitro benzene ring substituents is 1. The van der Waals surface area contributed by atoms with Gasteiger partial charge in [0.25, 0.3) is 5.69 Å². The van der Waals surface area contributed by atoms with Crippen LogP contribution < -0.4 is 14.5 Å². The zero-order valence-electron chi connectivity index (χ0n) is 17.8. The van der Waals surface area contributed by atoms with Crippen LogP contribution in [0.3, 0.4) is 0 Å². The van der Waals surface area contributed by atoms with E-state index in [1.165, 1.54) is 25.1 Å². The predicted molar refractivity (Wildman–Crippen MR) is 125 cm³/mol. The molecule has 1 atom stereocenters. The molecular formula is C20H22N4O6S2. The van der Waals surface area contributed by atoms with Crippen molar-refractivity contribution in [3.05, 3.63) is 62.2 Å². The van der Waals surface area contributed by atoms with E-state index in [1.54, 1.807) is 22.8 Å². The van der Waals surface area contributed by atoms with E-state index in [-0.39, 0.29) is 22.3 Å². The number of fused-ring (bicyclic) bond motifs is 1. The minimum atomic E-state index is -3.94. The van der Waals surface area contributed by atoms with Crippen LogP contribution in [0.25, 0.3) is 10.2 Å². The number of hydrogen-bond acceptors (Lipinski definition) is 7. The number of hydrogen-bond donors (Lipinski definition) is 1. The van der Waals surface area contributed by atoms with Gasteiger partial charge in [0.15, 0.2) is 0 Å². The molecule has 0 aliphatic rings. The summed E-state index contributed by atoms with van der Waals surface area (Å²) in [7, 11) is -3.94. The lowest BCUT2D eigenvalue weighted by molar-refractivity contribution is -0.384. The molecule has 0 fully saturated rings. The van der Waals surface area contributed by atoms with E-state index in [4.69, 9.17) is 0 Å². The maximum atomic E-state index is 12.9. The van der Waals surface area contributed by atoms with Crippen molar-refractivity contribution in [2.75, 3.05) is 15.9 Å². The highest BCUT2D eigenvalue weighted by molar-refractivity contribution is 7.92. The first-order valence-electron chi connectivity index (χ1n) is 9.60. The molecule has 2 aromatic carbocycles. The highest BCUT2D eigenvalue weighted by atomic mass is 32.2. The van der Waals surface area contributed by atoms with E-state index in [0.717, 1.165) is 33.5 Å². The second kappa shape index (κ2) is 8.71. The molecule has 3 aromatic rings. The fourth-order valence-electron chi connectivity index (χ4n) is 3.40. The third-order valence-electron chi connectivity index (χ3n) is 4.78. The van der Waals surface area contributed by atoms with E-state index < -0.39 is 26.9 Å².